The number of carbonyl (C=O) groups excluding carboxylic acids is 1. The van der Waals surface area contributed by atoms with Crippen LogP contribution in [0.1, 0.15) is 31.4 Å². The Bertz CT molecular complexity index is 636. The first-order valence-corrected chi connectivity index (χ1v) is 9.23. The fraction of sp³-hybridized carbons (Fsp3) is 0.632. The van der Waals surface area contributed by atoms with Crippen molar-refractivity contribution in [3.8, 4) is 11.5 Å². The van der Waals surface area contributed by atoms with Crippen molar-refractivity contribution >= 4 is 5.91 Å². The van der Waals surface area contributed by atoms with E-state index in [4.69, 9.17) is 14.2 Å². The van der Waals surface area contributed by atoms with E-state index in [0.717, 1.165) is 30.9 Å². The van der Waals surface area contributed by atoms with Crippen molar-refractivity contribution in [3.63, 3.8) is 0 Å². The molecule has 1 aromatic carbocycles. The minimum Gasteiger partial charge on any atom is -0.486 e. The molecule has 0 saturated carbocycles. The molecule has 3 heterocycles. The van der Waals surface area contributed by atoms with Gasteiger partial charge in [0.05, 0.1) is 19.3 Å². The van der Waals surface area contributed by atoms with Crippen LogP contribution in [0.4, 0.5) is 0 Å². The minimum absolute atomic E-state index is 0.130. The van der Waals surface area contributed by atoms with Gasteiger partial charge in [-0.2, -0.15) is 0 Å². The number of nitrogens with zero attached hydrogens (tertiary/aromatic N) is 2. The number of benzene rings is 1. The molecule has 0 aliphatic carbocycles. The molecule has 25 heavy (non-hydrogen) atoms. The Morgan fingerprint density at radius 1 is 1.16 bits per heavy atom. The molecule has 6 nitrogen and oxygen atoms in total. The zero-order valence-electron chi connectivity index (χ0n) is 14.8. The Morgan fingerprint density at radius 2 is 2.00 bits per heavy atom. The summed E-state index contributed by atoms with van der Waals surface area (Å²) in [4.78, 5) is 16.9. The van der Waals surface area contributed by atoms with E-state index in [1.54, 1.807) is 0 Å². The second kappa shape index (κ2) is 7.22. The number of amides is 1. The summed E-state index contributed by atoms with van der Waals surface area (Å²) in [6.07, 6.45) is 2.32. The topological polar surface area (TPSA) is 51.2 Å². The molecule has 2 saturated heterocycles. The van der Waals surface area contributed by atoms with E-state index in [2.05, 4.69) is 17.0 Å². The van der Waals surface area contributed by atoms with Crippen molar-refractivity contribution in [2.24, 2.45) is 0 Å². The molecule has 4 rings (SSSR count). The number of hydrogen-bond acceptors (Lipinski definition) is 5. The van der Waals surface area contributed by atoms with Crippen LogP contribution in [0.15, 0.2) is 18.2 Å². The molecule has 0 unspecified atom stereocenters. The van der Waals surface area contributed by atoms with Gasteiger partial charge in [-0.3, -0.25) is 9.69 Å². The zero-order chi connectivity index (χ0) is 17.2. The Morgan fingerprint density at radius 3 is 2.84 bits per heavy atom. The summed E-state index contributed by atoms with van der Waals surface area (Å²) in [5.74, 6) is 1.85. The van der Waals surface area contributed by atoms with Crippen LogP contribution in [0.3, 0.4) is 0 Å². The fourth-order valence-corrected chi connectivity index (χ4v) is 3.98. The van der Waals surface area contributed by atoms with E-state index < -0.39 is 0 Å². The monoisotopic (exact) mass is 346 g/mol. The van der Waals surface area contributed by atoms with Gasteiger partial charge in [-0.25, -0.2) is 0 Å². The lowest BCUT2D eigenvalue weighted by Gasteiger charge is -2.33. The molecule has 0 aromatic heterocycles. The molecule has 2 atom stereocenters. The summed E-state index contributed by atoms with van der Waals surface area (Å²) < 4.78 is 16.9. The molecule has 6 heteroatoms. The van der Waals surface area contributed by atoms with Gasteiger partial charge in [0.25, 0.3) is 0 Å². The molecule has 2 fully saturated rings. The highest BCUT2D eigenvalue weighted by atomic mass is 16.6. The van der Waals surface area contributed by atoms with Crippen LogP contribution < -0.4 is 9.47 Å². The Hall–Kier alpha value is -1.79. The van der Waals surface area contributed by atoms with E-state index >= 15 is 0 Å². The molecular formula is C19H26N2O4. The van der Waals surface area contributed by atoms with Crippen molar-refractivity contribution < 1.29 is 19.0 Å². The molecule has 3 aliphatic rings. The number of likely N-dealkylation sites (tertiary alicyclic amines) is 1. The largest absolute Gasteiger partial charge is 0.486 e. The lowest BCUT2D eigenvalue weighted by Crippen LogP contribution is -2.48. The van der Waals surface area contributed by atoms with Crippen molar-refractivity contribution in [1.29, 1.82) is 0 Å². The smallest absolute Gasteiger partial charge is 0.236 e. The summed E-state index contributed by atoms with van der Waals surface area (Å²) in [5.41, 5.74) is 1.21. The fourth-order valence-electron chi connectivity index (χ4n) is 3.98. The van der Waals surface area contributed by atoms with E-state index in [1.807, 2.05) is 17.9 Å². The number of rotatable bonds is 3. The zero-order valence-corrected chi connectivity index (χ0v) is 14.8. The van der Waals surface area contributed by atoms with Gasteiger partial charge in [0.1, 0.15) is 13.2 Å². The van der Waals surface area contributed by atoms with Gasteiger partial charge in [-0.1, -0.05) is 6.07 Å². The standard InChI is InChI=1S/C19H26N2O4/c1-14-12-21(7-8-23-14)19(22)13-20-6-2-3-16(20)15-4-5-17-18(11-15)25-10-9-24-17/h4-5,11,14,16H,2-3,6-10,12-13H2,1H3/t14-,16+/m1/s1. The minimum atomic E-state index is 0.130. The van der Waals surface area contributed by atoms with Gasteiger partial charge in [0.15, 0.2) is 11.5 Å². The highest BCUT2D eigenvalue weighted by Crippen LogP contribution is 2.37. The van der Waals surface area contributed by atoms with Gasteiger partial charge in [-0.15, -0.1) is 0 Å². The number of carbonyl (C=O) groups is 1. The highest BCUT2D eigenvalue weighted by molar-refractivity contribution is 5.78. The van der Waals surface area contributed by atoms with Crippen molar-refractivity contribution in [2.75, 3.05) is 46.0 Å². The Balaban J connectivity index is 1.44. The average Bonchev–Trinajstić information content (AvgIpc) is 3.09. The quantitative estimate of drug-likeness (QED) is 0.836. The maximum atomic E-state index is 12.7. The number of fused-ring (bicyclic) bond motifs is 1. The number of hydrogen-bond donors (Lipinski definition) is 0. The molecule has 136 valence electrons. The first-order valence-electron chi connectivity index (χ1n) is 9.23. The first-order chi connectivity index (χ1) is 12.2. The third-order valence-electron chi connectivity index (χ3n) is 5.25. The summed E-state index contributed by atoms with van der Waals surface area (Å²) in [6.45, 7) is 6.70. The Kier molecular flexibility index (Phi) is 4.81. The van der Waals surface area contributed by atoms with Gasteiger partial charge in [0.2, 0.25) is 5.91 Å². The normalized spacial score (nSPS) is 26.7. The number of ether oxygens (including phenoxy) is 3. The third-order valence-corrected chi connectivity index (χ3v) is 5.25. The lowest BCUT2D eigenvalue weighted by atomic mass is 10.0. The lowest BCUT2D eigenvalue weighted by molar-refractivity contribution is -0.139. The van der Waals surface area contributed by atoms with E-state index in [-0.39, 0.29) is 18.1 Å². The van der Waals surface area contributed by atoms with Crippen LogP contribution >= 0.6 is 0 Å². The molecule has 0 radical (unpaired) electrons. The van der Waals surface area contributed by atoms with Crippen LogP contribution in [0.2, 0.25) is 0 Å². The summed E-state index contributed by atoms with van der Waals surface area (Å²) in [7, 11) is 0. The van der Waals surface area contributed by atoms with Gasteiger partial charge in [-0.05, 0) is 44.0 Å². The SMILES string of the molecule is C[C@@H]1CN(C(=O)CN2CCC[C@H]2c2ccc3c(c2)OCCO3)CCO1. The second-order valence-electron chi connectivity index (χ2n) is 7.05. The summed E-state index contributed by atoms with van der Waals surface area (Å²) in [5, 5.41) is 0. The van der Waals surface area contributed by atoms with Crippen LogP contribution in [0.5, 0.6) is 11.5 Å². The summed E-state index contributed by atoms with van der Waals surface area (Å²) >= 11 is 0. The maximum absolute atomic E-state index is 12.7. The van der Waals surface area contributed by atoms with Crippen LogP contribution in [0, 0.1) is 0 Å². The molecule has 0 bridgehead atoms. The average molecular weight is 346 g/mol. The van der Waals surface area contributed by atoms with Crippen LogP contribution in [-0.2, 0) is 9.53 Å². The molecule has 1 amide bonds. The number of morpholine rings is 1. The van der Waals surface area contributed by atoms with Crippen LogP contribution in [0.25, 0.3) is 0 Å². The Labute approximate surface area is 148 Å². The highest BCUT2D eigenvalue weighted by Gasteiger charge is 2.31. The third kappa shape index (κ3) is 3.60. The van der Waals surface area contributed by atoms with E-state index in [9.17, 15) is 4.79 Å². The predicted molar refractivity (Wildman–Crippen MR) is 93.0 cm³/mol. The van der Waals surface area contributed by atoms with E-state index in [0.29, 0.717) is 39.5 Å². The van der Waals surface area contributed by atoms with Gasteiger partial charge in [0, 0.05) is 19.1 Å². The van der Waals surface area contributed by atoms with Gasteiger partial charge < -0.3 is 19.1 Å². The molecule has 3 aliphatic heterocycles. The van der Waals surface area contributed by atoms with Crippen molar-refractivity contribution in [1.82, 2.24) is 9.80 Å². The van der Waals surface area contributed by atoms with Gasteiger partial charge >= 0.3 is 0 Å². The maximum Gasteiger partial charge on any atom is 0.236 e. The van der Waals surface area contributed by atoms with Crippen molar-refractivity contribution in [3.05, 3.63) is 23.8 Å². The summed E-state index contributed by atoms with van der Waals surface area (Å²) in [6, 6.07) is 6.46. The molecule has 1 aromatic rings. The second-order valence-corrected chi connectivity index (χ2v) is 7.05. The van der Waals surface area contributed by atoms with Crippen LogP contribution in [-0.4, -0.2) is 67.8 Å². The van der Waals surface area contributed by atoms with Crippen molar-refractivity contribution in [2.45, 2.75) is 31.9 Å². The van der Waals surface area contributed by atoms with E-state index in [1.165, 1.54) is 5.56 Å². The first kappa shape index (κ1) is 16.7. The predicted octanol–water partition coefficient (Wildman–Crippen LogP) is 1.84. The molecule has 0 N–H and O–H groups in total. The molecular weight excluding hydrogens is 320 g/mol. The molecule has 0 spiro atoms.